The van der Waals surface area contributed by atoms with Gasteiger partial charge in [0.15, 0.2) is 11.5 Å². The molecule has 1 aromatic carbocycles. The van der Waals surface area contributed by atoms with Gasteiger partial charge in [-0.2, -0.15) is 8.42 Å². The molecule has 0 aliphatic heterocycles. The monoisotopic (exact) mass is 934 g/mol. The van der Waals surface area contributed by atoms with Crippen LogP contribution in [0.1, 0.15) is 296 Å². The summed E-state index contributed by atoms with van der Waals surface area (Å²) >= 11 is 0. The molecule has 0 aromatic heterocycles. The van der Waals surface area contributed by atoms with E-state index < -0.39 is 28.2 Å². The summed E-state index contributed by atoms with van der Waals surface area (Å²) in [6, 6.07) is 4.07. The summed E-state index contributed by atoms with van der Waals surface area (Å²) < 4.78 is 41.5. The molecule has 8 nitrogen and oxygen atoms in total. The first-order chi connectivity index (χ1) is 31.5. The molecule has 380 valence electrons. The van der Waals surface area contributed by atoms with E-state index in [9.17, 15) is 18.0 Å². The summed E-state index contributed by atoms with van der Waals surface area (Å²) in [7, 11) is -3.86. The first kappa shape index (κ1) is 61.0. The molecule has 2 unspecified atom stereocenters. The molecule has 0 bridgehead atoms. The maximum Gasteiger partial charge on any atom is 0.311 e. The fraction of sp³-hybridized carbons (Fsp3) is 0.857. The van der Waals surface area contributed by atoms with Gasteiger partial charge < -0.3 is 15.2 Å². The Bertz CT molecular complexity index is 1380. The van der Waals surface area contributed by atoms with Gasteiger partial charge in [0.05, 0.1) is 6.26 Å². The van der Waals surface area contributed by atoms with Crippen molar-refractivity contribution in [3.63, 3.8) is 0 Å². The molecule has 0 saturated carbocycles. The van der Waals surface area contributed by atoms with Crippen molar-refractivity contribution in [2.75, 3.05) is 6.26 Å². The second-order valence-electron chi connectivity index (χ2n) is 19.9. The van der Waals surface area contributed by atoms with E-state index in [1.54, 1.807) is 12.1 Å². The van der Waals surface area contributed by atoms with Crippen molar-refractivity contribution < 1.29 is 31.7 Å². The SMILES string of the molecule is CCCCCCCCCCCCCCCCCCCCCC(=O)Oc1ccc(C(OS(C)(=O)=O)C(N)C(C)C)cc1OC(=O)CCCCCCCCCCCCCCCCCCCCC. The summed E-state index contributed by atoms with van der Waals surface area (Å²) in [5.41, 5.74) is 6.86. The Morgan fingerprint density at radius 2 is 0.738 bits per heavy atom. The van der Waals surface area contributed by atoms with E-state index in [0.717, 1.165) is 38.4 Å². The Morgan fingerprint density at radius 3 is 1.02 bits per heavy atom. The van der Waals surface area contributed by atoms with Gasteiger partial charge in [-0.1, -0.05) is 265 Å². The van der Waals surface area contributed by atoms with Gasteiger partial charge in [0, 0.05) is 18.9 Å². The molecular formula is C56H103NO7S. The number of nitrogens with two attached hydrogens (primary N) is 1. The van der Waals surface area contributed by atoms with Gasteiger partial charge in [0.2, 0.25) is 0 Å². The fourth-order valence-corrected chi connectivity index (χ4v) is 9.40. The number of rotatable bonds is 47. The lowest BCUT2D eigenvalue weighted by molar-refractivity contribution is -0.137. The highest BCUT2D eigenvalue weighted by molar-refractivity contribution is 7.86. The molecule has 9 heteroatoms. The number of ether oxygens (including phenoxy) is 2. The maximum absolute atomic E-state index is 13.1. The van der Waals surface area contributed by atoms with Gasteiger partial charge in [-0.15, -0.1) is 0 Å². The van der Waals surface area contributed by atoms with Gasteiger partial charge in [0.25, 0.3) is 10.1 Å². The van der Waals surface area contributed by atoms with Crippen molar-refractivity contribution >= 4 is 22.1 Å². The highest BCUT2D eigenvalue weighted by Crippen LogP contribution is 2.35. The van der Waals surface area contributed by atoms with Crippen LogP contribution in [0.2, 0.25) is 0 Å². The van der Waals surface area contributed by atoms with E-state index in [1.807, 2.05) is 13.8 Å². The number of carbonyl (C=O) groups is 2. The topological polar surface area (TPSA) is 122 Å². The van der Waals surface area contributed by atoms with E-state index in [0.29, 0.717) is 12.0 Å². The van der Waals surface area contributed by atoms with E-state index in [2.05, 4.69) is 13.8 Å². The summed E-state index contributed by atoms with van der Waals surface area (Å²) in [6.45, 7) is 8.33. The molecule has 0 fully saturated rings. The Kier molecular flexibility index (Phi) is 39.6. The standard InChI is InChI=1S/C56H103NO7S/c1-6-8-10-12-14-16-18-20-22-24-26-28-30-32-34-36-38-40-42-44-53(58)62-51-47-46-50(56(55(57)49(3)4)64-65(5,60)61)48-52(51)63-54(59)45-43-41-39-37-35-33-31-29-27-25-23-21-19-17-15-13-11-9-7-2/h46-49,55-56H,6-45,57H2,1-5H3. The second kappa shape index (κ2) is 42.2. The van der Waals surface area contributed by atoms with Gasteiger partial charge >= 0.3 is 11.9 Å². The predicted molar refractivity (Wildman–Crippen MR) is 275 cm³/mol. The molecule has 0 aliphatic rings. The van der Waals surface area contributed by atoms with Crippen LogP contribution < -0.4 is 15.2 Å². The van der Waals surface area contributed by atoms with E-state index >= 15 is 0 Å². The molecule has 2 atom stereocenters. The Hall–Kier alpha value is -1.97. The predicted octanol–water partition coefficient (Wildman–Crippen LogP) is 17.1. The second-order valence-corrected chi connectivity index (χ2v) is 21.5. The highest BCUT2D eigenvalue weighted by Gasteiger charge is 2.29. The average molecular weight is 935 g/mol. The minimum atomic E-state index is -3.86. The lowest BCUT2D eigenvalue weighted by Gasteiger charge is -2.26. The number of carbonyl (C=O) groups excluding carboxylic acids is 2. The van der Waals surface area contributed by atoms with Crippen molar-refractivity contribution in [1.82, 2.24) is 0 Å². The largest absolute Gasteiger partial charge is 0.423 e. The van der Waals surface area contributed by atoms with Crippen LogP contribution >= 0.6 is 0 Å². The molecule has 0 radical (unpaired) electrons. The zero-order valence-corrected chi connectivity index (χ0v) is 43.9. The molecule has 0 amide bonds. The van der Waals surface area contributed by atoms with Crippen molar-refractivity contribution in [3.8, 4) is 11.5 Å². The van der Waals surface area contributed by atoms with Gasteiger partial charge in [0.1, 0.15) is 6.10 Å². The number of unbranched alkanes of at least 4 members (excludes halogenated alkanes) is 36. The molecular weight excluding hydrogens is 831 g/mol. The number of esters is 2. The number of hydrogen-bond donors (Lipinski definition) is 1. The lowest BCUT2D eigenvalue weighted by atomic mass is 9.94. The normalized spacial score (nSPS) is 12.8. The van der Waals surface area contributed by atoms with Crippen LogP contribution in [0.5, 0.6) is 11.5 Å². The summed E-state index contributed by atoms with van der Waals surface area (Å²) in [5, 5.41) is 0. The van der Waals surface area contributed by atoms with Gasteiger partial charge in [-0.3, -0.25) is 13.8 Å². The van der Waals surface area contributed by atoms with Crippen LogP contribution in [-0.2, 0) is 23.9 Å². The zero-order valence-electron chi connectivity index (χ0n) is 43.1. The summed E-state index contributed by atoms with van der Waals surface area (Å²) in [6.07, 6.45) is 49.4. The molecule has 0 spiro atoms. The first-order valence-electron chi connectivity index (χ1n) is 27.7. The third kappa shape index (κ3) is 36.7. The van der Waals surface area contributed by atoms with Crippen LogP contribution in [0.3, 0.4) is 0 Å². The van der Waals surface area contributed by atoms with Crippen molar-refractivity contribution in [1.29, 1.82) is 0 Å². The van der Waals surface area contributed by atoms with Crippen LogP contribution in [0.15, 0.2) is 18.2 Å². The Morgan fingerprint density at radius 1 is 0.462 bits per heavy atom. The summed E-state index contributed by atoms with van der Waals surface area (Å²) in [4.78, 5) is 26.1. The smallest absolute Gasteiger partial charge is 0.311 e. The van der Waals surface area contributed by atoms with Crippen LogP contribution in [-0.4, -0.2) is 32.7 Å². The average Bonchev–Trinajstić information content (AvgIpc) is 3.27. The van der Waals surface area contributed by atoms with Crippen LogP contribution in [0.4, 0.5) is 0 Å². The van der Waals surface area contributed by atoms with E-state index in [1.165, 1.54) is 212 Å². The Labute approximate surface area is 402 Å². The summed E-state index contributed by atoms with van der Waals surface area (Å²) in [5.74, 6) is -0.694. The highest BCUT2D eigenvalue weighted by atomic mass is 32.2. The van der Waals surface area contributed by atoms with Crippen molar-refractivity contribution in [2.45, 2.75) is 297 Å². The maximum atomic E-state index is 13.1. The van der Waals surface area contributed by atoms with Crippen LogP contribution in [0.25, 0.3) is 0 Å². The minimum absolute atomic E-state index is 0.0740. The first-order valence-corrected chi connectivity index (χ1v) is 29.5. The Balaban J connectivity index is 2.43. The molecule has 2 N–H and O–H groups in total. The minimum Gasteiger partial charge on any atom is -0.423 e. The van der Waals surface area contributed by atoms with Gasteiger partial charge in [-0.05, 0) is 36.5 Å². The third-order valence-electron chi connectivity index (χ3n) is 13.1. The van der Waals surface area contributed by atoms with E-state index in [4.69, 9.17) is 19.4 Å². The molecule has 65 heavy (non-hydrogen) atoms. The van der Waals surface area contributed by atoms with E-state index in [-0.39, 0.29) is 36.2 Å². The third-order valence-corrected chi connectivity index (χ3v) is 13.7. The molecule has 0 heterocycles. The number of benzene rings is 1. The zero-order chi connectivity index (χ0) is 47.6. The lowest BCUT2D eigenvalue weighted by Crippen LogP contribution is -2.36. The quantitative estimate of drug-likeness (QED) is 0.0297. The molecule has 1 aromatic rings. The molecule has 0 saturated heterocycles. The molecule has 1 rings (SSSR count). The van der Waals surface area contributed by atoms with Crippen molar-refractivity contribution in [2.24, 2.45) is 11.7 Å². The van der Waals surface area contributed by atoms with Crippen LogP contribution in [0, 0.1) is 5.92 Å². The fourth-order valence-electron chi connectivity index (χ4n) is 8.79. The number of hydrogen-bond acceptors (Lipinski definition) is 8. The van der Waals surface area contributed by atoms with Crippen molar-refractivity contribution in [3.05, 3.63) is 23.8 Å². The van der Waals surface area contributed by atoms with Gasteiger partial charge in [-0.25, -0.2) is 0 Å². The molecule has 0 aliphatic carbocycles.